The van der Waals surface area contributed by atoms with Gasteiger partial charge in [0, 0.05) is 33.5 Å². The fraction of sp³-hybridized carbons (Fsp3) is 0.977. The van der Waals surface area contributed by atoms with Gasteiger partial charge in [-0.25, -0.2) is 4.79 Å². The number of ether oxygens (including phenoxy) is 5. The van der Waals surface area contributed by atoms with Crippen molar-refractivity contribution in [2.24, 2.45) is 0 Å². The van der Waals surface area contributed by atoms with Crippen LogP contribution in [0.5, 0.6) is 0 Å². The predicted molar refractivity (Wildman–Crippen MR) is 212 cm³/mol. The minimum atomic E-state index is -0.411. The third-order valence-corrected chi connectivity index (χ3v) is 9.74. The third-order valence-electron chi connectivity index (χ3n) is 9.74. The van der Waals surface area contributed by atoms with Gasteiger partial charge < -0.3 is 29.0 Å². The highest BCUT2D eigenvalue weighted by molar-refractivity contribution is 5.67. The van der Waals surface area contributed by atoms with E-state index < -0.39 is 6.09 Å². The van der Waals surface area contributed by atoms with Crippen molar-refractivity contribution in [1.29, 1.82) is 0 Å². The average molecular weight is 714 g/mol. The summed E-state index contributed by atoms with van der Waals surface area (Å²) >= 11 is 0. The van der Waals surface area contributed by atoms with E-state index in [1.807, 2.05) is 6.92 Å². The maximum absolute atomic E-state index is 12.4. The highest BCUT2D eigenvalue weighted by Crippen LogP contribution is 2.15. The number of hydrogen-bond donors (Lipinski definition) is 1. The first-order valence-corrected chi connectivity index (χ1v) is 21.9. The van der Waals surface area contributed by atoms with E-state index in [4.69, 9.17) is 23.7 Å². The molecular formula is C43H87NO6. The van der Waals surface area contributed by atoms with E-state index in [9.17, 15) is 4.79 Å². The Morgan fingerprint density at radius 2 is 0.880 bits per heavy atom. The molecular weight excluding hydrogens is 626 g/mol. The van der Waals surface area contributed by atoms with Gasteiger partial charge in [-0.15, -0.1) is 0 Å². The van der Waals surface area contributed by atoms with Crippen molar-refractivity contribution >= 4 is 6.09 Å². The van der Waals surface area contributed by atoms with Crippen LogP contribution in [-0.2, 0) is 23.7 Å². The van der Waals surface area contributed by atoms with Gasteiger partial charge in [0.1, 0.15) is 12.2 Å². The van der Waals surface area contributed by atoms with Gasteiger partial charge in [0.25, 0.3) is 0 Å². The van der Waals surface area contributed by atoms with Gasteiger partial charge in [0.2, 0.25) is 0 Å². The van der Waals surface area contributed by atoms with E-state index in [0.29, 0.717) is 39.6 Å². The van der Waals surface area contributed by atoms with Crippen LogP contribution in [0.25, 0.3) is 0 Å². The minimum absolute atomic E-state index is 0.258. The Bertz CT molecular complexity index is 651. The van der Waals surface area contributed by atoms with Crippen molar-refractivity contribution in [3.05, 3.63) is 0 Å². The number of nitrogens with one attached hydrogen (secondary N) is 1. The molecule has 0 aliphatic carbocycles. The van der Waals surface area contributed by atoms with Crippen LogP contribution in [0.3, 0.4) is 0 Å². The molecule has 0 aliphatic rings. The Morgan fingerprint density at radius 3 is 1.32 bits per heavy atom. The molecule has 0 fully saturated rings. The Morgan fingerprint density at radius 1 is 0.480 bits per heavy atom. The van der Waals surface area contributed by atoms with E-state index in [0.717, 1.165) is 25.9 Å². The monoisotopic (exact) mass is 714 g/mol. The van der Waals surface area contributed by atoms with Gasteiger partial charge in [-0.1, -0.05) is 181 Å². The van der Waals surface area contributed by atoms with E-state index in [1.54, 1.807) is 7.11 Å². The molecule has 0 aromatic heterocycles. The largest absolute Gasteiger partial charge is 0.444 e. The van der Waals surface area contributed by atoms with Crippen LogP contribution in [0.15, 0.2) is 0 Å². The number of rotatable bonds is 42. The van der Waals surface area contributed by atoms with Crippen LogP contribution in [0.4, 0.5) is 4.79 Å². The lowest BCUT2D eigenvalue weighted by Gasteiger charge is -2.24. The van der Waals surface area contributed by atoms with Gasteiger partial charge in [0.15, 0.2) is 0 Å². The molecule has 1 N–H and O–H groups in total. The molecule has 0 radical (unpaired) electrons. The van der Waals surface area contributed by atoms with Crippen molar-refractivity contribution in [2.75, 3.05) is 53.3 Å². The predicted octanol–water partition coefficient (Wildman–Crippen LogP) is 12.5. The summed E-state index contributed by atoms with van der Waals surface area (Å²) in [5.74, 6) is 0. The molecule has 0 unspecified atom stereocenters. The van der Waals surface area contributed by atoms with E-state index in [-0.39, 0.29) is 12.2 Å². The van der Waals surface area contributed by atoms with Crippen LogP contribution in [-0.4, -0.2) is 71.6 Å². The molecule has 0 spiro atoms. The summed E-state index contributed by atoms with van der Waals surface area (Å²) in [5, 5.41) is 2.84. The fourth-order valence-electron chi connectivity index (χ4n) is 6.34. The van der Waals surface area contributed by atoms with E-state index >= 15 is 0 Å². The van der Waals surface area contributed by atoms with E-state index in [2.05, 4.69) is 19.2 Å². The summed E-state index contributed by atoms with van der Waals surface area (Å²) in [6.45, 7) is 10.6. The van der Waals surface area contributed by atoms with Crippen molar-refractivity contribution < 1.29 is 28.5 Å². The molecule has 0 aliphatic heterocycles. The molecule has 0 bridgehead atoms. The first-order valence-electron chi connectivity index (χ1n) is 21.9. The van der Waals surface area contributed by atoms with Crippen LogP contribution >= 0.6 is 0 Å². The van der Waals surface area contributed by atoms with Crippen LogP contribution in [0, 0.1) is 0 Å². The summed E-state index contributed by atoms with van der Waals surface area (Å²) in [6, 6.07) is 0. The lowest BCUT2D eigenvalue weighted by Crippen LogP contribution is -2.38. The van der Waals surface area contributed by atoms with Crippen molar-refractivity contribution in [3.63, 3.8) is 0 Å². The average Bonchev–Trinajstić information content (AvgIpc) is 3.11. The van der Waals surface area contributed by atoms with Crippen molar-refractivity contribution in [2.45, 2.75) is 219 Å². The molecule has 50 heavy (non-hydrogen) atoms. The molecule has 0 saturated carbocycles. The fourth-order valence-corrected chi connectivity index (χ4v) is 6.34. The normalized spacial score (nSPS) is 12.7. The second-order valence-corrected chi connectivity index (χ2v) is 14.7. The smallest absolute Gasteiger partial charge is 0.407 e. The van der Waals surface area contributed by atoms with Crippen LogP contribution in [0.1, 0.15) is 207 Å². The van der Waals surface area contributed by atoms with Gasteiger partial charge in [-0.05, 0) is 26.2 Å². The third kappa shape index (κ3) is 38.3. The maximum Gasteiger partial charge on any atom is 0.407 e. The Kier molecular flexibility index (Phi) is 41.8. The van der Waals surface area contributed by atoms with Gasteiger partial charge >= 0.3 is 6.09 Å². The molecule has 0 heterocycles. The number of hydrogen-bond acceptors (Lipinski definition) is 6. The summed E-state index contributed by atoms with van der Waals surface area (Å²) in [7, 11) is 1.66. The van der Waals surface area contributed by atoms with Crippen molar-refractivity contribution in [3.8, 4) is 0 Å². The number of amides is 1. The van der Waals surface area contributed by atoms with Crippen molar-refractivity contribution in [1.82, 2.24) is 5.32 Å². The SMILES string of the molecule is CCCCCCCCCCCCCCCCOC[C@@H](OCCCCCCCCCCCCCCCC)[C@H](C)OC(=O)NCCCOCCOC. The number of carbonyl (C=O) groups excluding carboxylic acids is 1. The first-order chi connectivity index (χ1) is 24.7. The molecule has 0 rings (SSSR count). The van der Waals surface area contributed by atoms with Gasteiger partial charge in [0.05, 0.1) is 19.8 Å². The number of alkyl carbamates (subject to hydrolysis) is 1. The molecule has 7 nitrogen and oxygen atoms in total. The zero-order valence-electron chi connectivity index (χ0n) is 34.1. The van der Waals surface area contributed by atoms with E-state index in [1.165, 1.54) is 167 Å². The zero-order valence-corrected chi connectivity index (χ0v) is 34.1. The molecule has 2 atom stereocenters. The Labute approximate surface area is 311 Å². The zero-order chi connectivity index (χ0) is 36.4. The molecule has 300 valence electrons. The molecule has 0 aromatic rings. The summed E-state index contributed by atoms with van der Waals surface area (Å²) in [5.41, 5.74) is 0. The molecule has 1 amide bonds. The summed E-state index contributed by atoms with van der Waals surface area (Å²) in [6.07, 6.45) is 37.3. The first kappa shape index (κ1) is 49.1. The quantitative estimate of drug-likeness (QED) is 0.0635. The minimum Gasteiger partial charge on any atom is -0.444 e. The Hall–Kier alpha value is -0.890. The van der Waals surface area contributed by atoms with Gasteiger partial charge in [-0.3, -0.25) is 0 Å². The van der Waals surface area contributed by atoms with Crippen LogP contribution in [0.2, 0.25) is 0 Å². The highest BCUT2D eigenvalue weighted by Gasteiger charge is 2.22. The van der Waals surface area contributed by atoms with Crippen LogP contribution < -0.4 is 5.32 Å². The second kappa shape index (κ2) is 42.5. The number of methoxy groups -OCH3 is 1. The maximum atomic E-state index is 12.4. The number of unbranched alkanes of at least 4 members (excludes halogenated alkanes) is 26. The Balaban J connectivity index is 4.13. The van der Waals surface area contributed by atoms with Gasteiger partial charge in [-0.2, -0.15) is 0 Å². The molecule has 0 aromatic carbocycles. The topological polar surface area (TPSA) is 75.3 Å². The second-order valence-electron chi connectivity index (χ2n) is 14.7. The lowest BCUT2D eigenvalue weighted by atomic mass is 10.0. The standard InChI is InChI=1S/C43H87NO6/c1-5-7-9-11-13-15-17-19-21-23-25-27-29-31-35-48-40-42(41(3)50-43(45)44-34-33-36-47-39-38-46-4)49-37-32-30-28-26-24-22-20-18-16-14-12-10-8-6-2/h41-42H,5-40H2,1-4H3,(H,44,45)/t41-,42+/m0/s1. The summed E-state index contributed by atoms with van der Waals surface area (Å²) < 4.78 is 28.5. The molecule has 0 saturated heterocycles. The summed E-state index contributed by atoms with van der Waals surface area (Å²) in [4.78, 5) is 12.4. The lowest BCUT2D eigenvalue weighted by molar-refractivity contribution is -0.0777. The number of carbonyl (C=O) groups is 1. The molecule has 7 heteroatoms. The highest BCUT2D eigenvalue weighted by atomic mass is 16.6.